The number of H-pyrrole nitrogens is 1. The van der Waals surface area contributed by atoms with Crippen LogP contribution in [0.2, 0.25) is 0 Å². The van der Waals surface area contributed by atoms with E-state index in [1.54, 1.807) is 7.11 Å². The normalized spacial score (nSPS) is 12.8. The molecule has 0 amide bonds. The molecule has 1 aliphatic rings. The molecule has 20 heavy (non-hydrogen) atoms. The Hall–Kier alpha value is -2.07. The number of imidazole rings is 1. The van der Waals surface area contributed by atoms with Crippen LogP contribution in [0.25, 0.3) is 22.6 Å². The molecule has 1 aliphatic carbocycles. The SMILES string of the molecule is COc1ccccc1-c1nc2c([nH]1)CCc1sccc1-2. The summed E-state index contributed by atoms with van der Waals surface area (Å²) in [6.45, 7) is 0. The topological polar surface area (TPSA) is 37.9 Å². The minimum absolute atomic E-state index is 0.851. The number of para-hydroxylation sites is 1. The van der Waals surface area contributed by atoms with Crippen LogP contribution >= 0.6 is 11.3 Å². The second-order valence-electron chi connectivity index (χ2n) is 4.87. The fourth-order valence-corrected chi connectivity index (χ4v) is 3.64. The van der Waals surface area contributed by atoms with E-state index < -0.39 is 0 Å². The van der Waals surface area contributed by atoms with Crippen LogP contribution < -0.4 is 4.74 Å². The van der Waals surface area contributed by atoms with Gasteiger partial charge in [-0.3, -0.25) is 0 Å². The van der Waals surface area contributed by atoms with E-state index >= 15 is 0 Å². The van der Waals surface area contributed by atoms with Gasteiger partial charge in [-0.2, -0.15) is 0 Å². The van der Waals surface area contributed by atoms with E-state index in [0.717, 1.165) is 35.7 Å². The maximum Gasteiger partial charge on any atom is 0.142 e. The van der Waals surface area contributed by atoms with Gasteiger partial charge in [-0.15, -0.1) is 11.3 Å². The Morgan fingerprint density at radius 3 is 2.95 bits per heavy atom. The Morgan fingerprint density at radius 1 is 1.15 bits per heavy atom. The lowest BCUT2D eigenvalue weighted by molar-refractivity contribution is 0.416. The van der Waals surface area contributed by atoms with Gasteiger partial charge in [-0.25, -0.2) is 4.98 Å². The lowest BCUT2D eigenvalue weighted by atomic mass is 10.0. The van der Waals surface area contributed by atoms with E-state index in [-0.39, 0.29) is 0 Å². The number of benzene rings is 1. The molecule has 4 rings (SSSR count). The highest BCUT2D eigenvalue weighted by Crippen LogP contribution is 2.38. The van der Waals surface area contributed by atoms with Gasteiger partial charge < -0.3 is 9.72 Å². The van der Waals surface area contributed by atoms with Gasteiger partial charge in [0.25, 0.3) is 0 Å². The van der Waals surface area contributed by atoms with E-state index in [0.29, 0.717) is 0 Å². The van der Waals surface area contributed by atoms with Gasteiger partial charge in [0.15, 0.2) is 0 Å². The number of aryl methyl sites for hydroxylation is 2. The van der Waals surface area contributed by atoms with Crippen LogP contribution in [0.15, 0.2) is 35.7 Å². The van der Waals surface area contributed by atoms with Crippen LogP contribution in [0.5, 0.6) is 5.75 Å². The number of thiophene rings is 1. The van der Waals surface area contributed by atoms with Gasteiger partial charge in [0.05, 0.1) is 18.4 Å². The number of rotatable bonds is 2. The Balaban J connectivity index is 1.87. The van der Waals surface area contributed by atoms with Gasteiger partial charge in [-0.05, 0) is 36.4 Å². The van der Waals surface area contributed by atoms with Gasteiger partial charge >= 0.3 is 0 Å². The van der Waals surface area contributed by atoms with Gasteiger partial charge in [0, 0.05) is 16.1 Å². The third-order valence-corrected chi connectivity index (χ3v) is 4.72. The highest BCUT2D eigenvalue weighted by molar-refractivity contribution is 7.10. The molecule has 100 valence electrons. The Kier molecular flexibility index (Phi) is 2.63. The van der Waals surface area contributed by atoms with Crippen molar-refractivity contribution in [3.05, 3.63) is 46.3 Å². The molecule has 2 aromatic heterocycles. The van der Waals surface area contributed by atoms with Crippen molar-refractivity contribution in [1.82, 2.24) is 9.97 Å². The average molecular weight is 282 g/mol. The summed E-state index contributed by atoms with van der Waals surface area (Å²) in [6.07, 6.45) is 2.14. The third kappa shape index (κ3) is 1.68. The minimum Gasteiger partial charge on any atom is -0.496 e. The number of aromatic nitrogens is 2. The zero-order valence-electron chi connectivity index (χ0n) is 11.1. The van der Waals surface area contributed by atoms with Gasteiger partial charge in [0.1, 0.15) is 11.6 Å². The van der Waals surface area contributed by atoms with Crippen molar-refractivity contribution >= 4 is 11.3 Å². The van der Waals surface area contributed by atoms with Gasteiger partial charge in [-0.1, -0.05) is 12.1 Å². The highest BCUT2D eigenvalue weighted by atomic mass is 32.1. The molecule has 0 spiro atoms. The number of fused-ring (bicyclic) bond motifs is 3. The van der Waals surface area contributed by atoms with Crippen molar-refractivity contribution in [2.75, 3.05) is 7.11 Å². The molecule has 1 aromatic carbocycles. The monoisotopic (exact) mass is 282 g/mol. The summed E-state index contributed by atoms with van der Waals surface area (Å²) >= 11 is 1.82. The summed E-state index contributed by atoms with van der Waals surface area (Å²) < 4.78 is 5.43. The molecule has 0 radical (unpaired) electrons. The fourth-order valence-electron chi connectivity index (χ4n) is 2.76. The molecule has 0 unspecified atom stereocenters. The second-order valence-corrected chi connectivity index (χ2v) is 5.87. The molecule has 0 bridgehead atoms. The van der Waals surface area contributed by atoms with Crippen molar-refractivity contribution < 1.29 is 4.74 Å². The zero-order valence-corrected chi connectivity index (χ0v) is 12.0. The predicted molar refractivity (Wildman–Crippen MR) is 81.3 cm³/mol. The number of nitrogens with zero attached hydrogens (tertiary/aromatic N) is 1. The number of aromatic amines is 1. The number of hydrogen-bond acceptors (Lipinski definition) is 3. The molecule has 0 fully saturated rings. The molecule has 1 N–H and O–H groups in total. The largest absolute Gasteiger partial charge is 0.496 e. The number of hydrogen-bond donors (Lipinski definition) is 1. The quantitative estimate of drug-likeness (QED) is 0.773. The molecular formula is C16H14N2OS. The molecule has 2 heterocycles. The van der Waals surface area contributed by atoms with E-state index in [4.69, 9.17) is 9.72 Å². The number of methoxy groups -OCH3 is 1. The molecule has 0 aliphatic heterocycles. The van der Waals surface area contributed by atoms with Crippen molar-refractivity contribution in [2.45, 2.75) is 12.8 Å². The summed E-state index contributed by atoms with van der Waals surface area (Å²) in [7, 11) is 1.69. The number of ether oxygens (including phenoxy) is 1. The molecule has 0 atom stereocenters. The summed E-state index contributed by atoms with van der Waals surface area (Å²) in [5.41, 5.74) is 4.64. The van der Waals surface area contributed by atoms with Gasteiger partial charge in [0.2, 0.25) is 0 Å². The lowest BCUT2D eigenvalue weighted by Crippen LogP contribution is -1.99. The zero-order chi connectivity index (χ0) is 13.5. The summed E-state index contributed by atoms with van der Waals surface area (Å²) in [5.74, 6) is 1.75. The lowest BCUT2D eigenvalue weighted by Gasteiger charge is -2.09. The first-order valence-electron chi connectivity index (χ1n) is 6.66. The maximum atomic E-state index is 5.43. The van der Waals surface area contributed by atoms with Crippen molar-refractivity contribution in [3.8, 4) is 28.4 Å². The minimum atomic E-state index is 0.851. The highest BCUT2D eigenvalue weighted by Gasteiger charge is 2.22. The van der Waals surface area contributed by atoms with Crippen LogP contribution in [0.1, 0.15) is 10.6 Å². The first-order valence-corrected chi connectivity index (χ1v) is 7.54. The van der Waals surface area contributed by atoms with E-state index in [2.05, 4.69) is 16.4 Å². The van der Waals surface area contributed by atoms with E-state index in [1.165, 1.54) is 16.1 Å². The van der Waals surface area contributed by atoms with Crippen molar-refractivity contribution in [1.29, 1.82) is 0 Å². The van der Waals surface area contributed by atoms with Crippen LogP contribution in [-0.2, 0) is 12.8 Å². The Morgan fingerprint density at radius 2 is 2.05 bits per heavy atom. The second kappa shape index (κ2) is 4.49. The molecular weight excluding hydrogens is 268 g/mol. The number of nitrogens with one attached hydrogen (secondary N) is 1. The van der Waals surface area contributed by atoms with E-state index in [1.807, 2.05) is 35.6 Å². The molecule has 0 saturated carbocycles. The fraction of sp³-hybridized carbons (Fsp3) is 0.188. The summed E-state index contributed by atoms with van der Waals surface area (Å²) in [6, 6.07) is 10.2. The first-order chi connectivity index (χ1) is 9.86. The smallest absolute Gasteiger partial charge is 0.142 e. The predicted octanol–water partition coefficient (Wildman–Crippen LogP) is 3.91. The summed E-state index contributed by atoms with van der Waals surface area (Å²) in [4.78, 5) is 9.72. The molecule has 3 aromatic rings. The Bertz CT molecular complexity index is 772. The molecule has 4 heteroatoms. The van der Waals surface area contributed by atoms with Crippen LogP contribution in [0, 0.1) is 0 Å². The van der Waals surface area contributed by atoms with Crippen LogP contribution in [-0.4, -0.2) is 17.1 Å². The third-order valence-electron chi connectivity index (χ3n) is 3.74. The maximum absolute atomic E-state index is 5.43. The Labute approximate surface area is 121 Å². The first kappa shape index (κ1) is 11.7. The summed E-state index contributed by atoms with van der Waals surface area (Å²) in [5, 5.41) is 2.15. The average Bonchev–Trinajstić information content (AvgIpc) is 3.12. The van der Waals surface area contributed by atoms with Crippen molar-refractivity contribution in [3.63, 3.8) is 0 Å². The molecule has 3 nitrogen and oxygen atoms in total. The molecule has 0 saturated heterocycles. The standard InChI is InChI=1S/C16H14N2OS/c1-19-13-5-3-2-4-10(13)16-17-12-6-7-14-11(8-9-20-14)15(12)18-16/h2-5,8-9H,6-7H2,1H3,(H,17,18). The van der Waals surface area contributed by atoms with Crippen LogP contribution in [0.4, 0.5) is 0 Å². The van der Waals surface area contributed by atoms with E-state index in [9.17, 15) is 0 Å². The van der Waals surface area contributed by atoms with Crippen LogP contribution in [0.3, 0.4) is 0 Å². The van der Waals surface area contributed by atoms with Crippen molar-refractivity contribution in [2.24, 2.45) is 0 Å².